The first-order valence-corrected chi connectivity index (χ1v) is 6.88. The maximum Gasteiger partial charge on any atom is 0.106 e. The van der Waals surface area contributed by atoms with Crippen LogP contribution < -0.4 is 5.73 Å². The van der Waals surface area contributed by atoms with E-state index in [4.69, 9.17) is 11.0 Å². The summed E-state index contributed by atoms with van der Waals surface area (Å²) in [5.74, 6) is 0.864. The number of hydrogen-bond acceptors (Lipinski definition) is 4. The van der Waals surface area contributed by atoms with Crippen molar-refractivity contribution in [1.29, 1.82) is 5.26 Å². The molecule has 96 valence electrons. The molecule has 2 fully saturated rings. The largest absolute Gasteiger partial charge is 0.315 e. The van der Waals surface area contributed by atoms with Crippen molar-refractivity contribution in [3.05, 3.63) is 0 Å². The lowest BCUT2D eigenvalue weighted by Crippen LogP contribution is -2.43. The molecule has 4 nitrogen and oxygen atoms in total. The normalized spacial score (nSPS) is 25.9. The summed E-state index contributed by atoms with van der Waals surface area (Å²) in [6.45, 7) is 6.88. The van der Waals surface area contributed by atoms with E-state index in [1.165, 1.54) is 45.3 Å². The molecule has 0 radical (unpaired) electrons. The predicted octanol–water partition coefficient (Wildman–Crippen LogP) is 0.645. The summed E-state index contributed by atoms with van der Waals surface area (Å²) >= 11 is 0. The number of hydrogen-bond donors (Lipinski definition) is 1. The Morgan fingerprint density at radius 3 is 2.35 bits per heavy atom. The van der Waals surface area contributed by atoms with Crippen LogP contribution in [0.4, 0.5) is 0 Å². The van der Waals surface area contributed by atoms with Crippen LogP contribution in [0.5, 0.6) is 0 Å². The Morgan fingerprint density at radius 2 is 1.76 bits per heavy atom. The van der Waals surface area contributed by atoms with Gasteiger partial charge in [0, 0.05) is 13.1 Å². The van der Waals surface area contributed by atoms with Gasteiger partial charge in [-0.25, -0.2) is 0 Å². The summed E-state index contributed by atoms with van der Waals surface area (Å²) in [6.07, 6.45) is 5.31. The lowest BCUT2D eigenvalue weighted by atomic mass is 9.96. The van der Waals surface area contributed by atoms with Gasteiger partial charge in [-0.05, 0) is 57.8 Å². The average Bonchev–Trinajstić information content (AvgIpc) is 2.84. The first kappa shape index (κ1) is 12.8. The van der Waals surface area contributed by atoms with Gasteiger partial charge < -0.3 is 15.5 Å². The molecule has 0 aromatic heterocycles. The van der Waals surface area contributed by atoms with Crippen LogP contribution in [0.25, 0.3) is 0 Å². The van der Waals surface area contributed by atoms with E-state index in [9.17, 15) is 0 Å². The van der Waals surface area contributed by atoms with Crippen molar-refractivity contribution in [2.24, 2.45) is 11.7 Å². The highest BCUT2D eigenvalue weighted by atomic mass is 15.2. The Labute approximate surface area is 104 Å². The minimum absolute atomic E-state index is 0.315. The summed E-state index contributed by atoms with van der Waals surface area (Å²) in [7, 11) is 0. The first-order valence-electron chi connectivity index (χ1n) is 6.88. The SMILES string of the molecule is N#CC(N)CN1CCC(CN2CCCC2)CC1. The summed E-state index contributed by atoms with van der Waals surface area (Å²) in [4.78, 5) is 4.95. The molecule has 2 rings (SSSR count). The van der Waals surface area contributed by atoms with Gasteiger partial charge in [0.25, 0.3) is 0 Å². The van der Waals surface area contributed by atoms with Crippen molar-refractivity contribution in [3.63, 3.8) is 0 Å². The van der Waals surface area contributed by atoms with Crippen molar-refractivity contribution in [1.82, 2.24) is 9.80 Å². The molecule has 2 heterocycles. The molecule has 0 aromatic rings. The molecule has 2 N–H and O–H groups in total. The van der Waals surface area contributed by atoms with Gasteiger partial charge in [-0.1, -0.05) is 0 Å². The van der Waals surface area contributed by atoms with E-state index in [0.717, 1.165) is 25.6 Å². The molecule has 0 bridgehead atoms. The standard InChI is InChI=1S/C13H24N4/c14-9-13(15)11-17-7-3-12(4-8-17)10-16-5-1-2-6-16/h12-13H,1-8,10-11,15H2. The number of nitriles is 1. The molecule has 0 amide bonds. The second kappa shape index (κ2) is 6.34. The van der Waals surface area contributed by atoms with Gasteiger partial charge in [-0.15, -0.1) is 0 Å². The highest BCUT2D eigenvalue weighted by molar-refractivity contribution is 4.90. The van der Waals surface area contributed by atoms with Crippen molar-refractivity contribution < 1.29 is 0 Å². The van der Waals surface area contributed by atoms with E-state index in [2.05, 4.69) is 15.9 Å². The fourth-order valence-electron chi connectivity index (χ4n) is 3.00. The molecule has 4 heteroatoms. The predicted molar refractivity (Wildman–Crippen MR) is 68.4 cm³/mol. The number of likely N-dealkylation sites (tertiary alicyclic amines) is 2. The molecule has 17 heavy (non-hydrogen) atoms. The maximum atomic E-state index is 8.70. The maximum absolute atomic E-state index is 8.70. The molecule has 2 aliphatic rings. The lowest BCUT2D eigenvalue weighted by Gasteiger charge is -2.34. The number of nitrogens with zero attached hydrogens (tertiary/aromatic N) is 3. The Balaban J connectivity index is 1.65. The van der Waals surface area contributed by atoms with Crippen LogP contribution in [0.15, 0.2) is 0 Å². The van der Waals surface area contributed by atoms with Gasteiger partial charge in [0.2, 0.25) is 0 Å². The third-order valence-corrected chi connectivity index (χ3v) is 4.04. The Hall–Kier alpha value is -0.630. The van der Waals surface area contributed by atoms with Gasteiger partial charge in [-0.2, -0.15) is 5.26 Å². The van der Waals surface area contributed by atoms with E-state index in [1.807, 2.05) is 0 Å². The molecule has 1 atom stereocenters. The third-order valence-electron chi connectivity index (χ3n) is 4.04. The smallest absolute Gasteiger partial charge is 0.106 e. The van der Waals surface area contributed by atoms with Crippen LogP contribution in [-0.4, -0.2) is 55.1 Å². The van der Waals surface area contributed by atoms with Gasteiger partial charge in [0.05, 0.1) is 6.07 Å². The lowest BCUT2D eigenvalue weighted by molar-refractivity contribution is 0.152. The fraction of sp³-hybridized carbons (Fsp3) is 0.923. The summed E-state index contributed by atoms with van der Waals surface area (Å²) < 4.78 is 0. The summed E-state index contributed by atoms with van der Waals surface area (Å²) in [5.41, 5.74) is 5.66. The highest BCUT2D eigenvalue weighted by Crippen LogP contribution is 2.20. The van der Waals surface area contributed by atoms with Crippen molar-refractivity contribution in [2.75, 3.05) is 39.3 Å². The van der Waals surface area contributed by atoms with E-state index in [-0.39, 0.29) is 6.04 Å². The molecule has 2 saturated heterocycles. The van der Waals surface area contributed by atoms with E-state index in [1.54, 1.807) is 0 Å². The van der Waals surface area contributed by atoms with Crippen molar-refractivity contribution >= 4 is 0 Å². The topological polar surface area (TPSA) is 56.3 Å². The zero-order valence-electron chi connectivity index (χ0n) is 10.6. The minimum atomic E-state index is -0.315. The number of piperidine rings is 1. The molecule has 0 spiro atoms. The van der Waals surface area contributed by atoms with Crippen LogP contribution in [-0.2, 0) is 0 Å². The number of nitrogens with two attached hydrogens (primary N) is 1. The molecule has 0 saturated carbocycles. The monoisotopic (exact) mass is 236 g/mol. The zero-order valence-corrected chi connectivity index (χ0v) is 10.6. The molecule has 1 unspecified atom stereocenters. The molecular formula is C13H24N4. The van der Waals surface area contributed by atoms with Crippen LogP contribution in [0.2, 0.25) is 0 Å². The van der Waals surface area contributed by atoms with Crippen LogP contribution in [0.1, 0.15) is 25.7 Å². The van der Waals surface area contributed by atoms with Crippen LogP contribution in [0, 0.1) is 17.2 Å². The molecular weight excluding hydrogens is 212 g/mol. The second-order valence-electron chi connectivity index (χ2n) is 5.49. The summed E-state index contributed by atoms with van der Waals surface area (Å²) in [6, 6.07) is 1.80. The molecule has 0 aromatic carbocycles. The van der Waals surface area contributed by atoms with Gasteiger partial charge in [0.1, 0.15) is 6.04 Å². The second-order valence-corrected chi connectivity index (χ2v) is 5.49. The van der Waals surface area contributed by atoms with Crippen LogP contribution in [0.3, 0.4) is 0 Å². The third kappa shape index (κ3) is 3.95. The van der Waals surface area contributed by atoms with E-state index < -0.39 is 0 Å². The van der Waals surface area contributed by atoms with Gasteiger partial charge in [-0.3, -0.25) is 0 Å². The van der Waals surface area contributed by atoms with E-state index in [0.29, 0.717) is 0 Å². The number of rotatable bonds is 4. The van der Waals surface area contributed by atoms with Gasteiger partial charge in [0.15, 0.2) is 0 Å². The van der Waals surface area contributed by atoms with Crippen LogP contribution >= 0.6 is 0 Å². The minimum Gasteiger partial charge on any atom is -0.315 e. The van der Waals surface area contributed by atoms with E-state index >= 15 is 0 Å². The Kier molecular flexibility index (Phi) is 4.78. The quantitative estimate of drug-likeness (QED) is 0.778. The Bertz CT molecular complexity index is 259. The van der Waals surface area contributed by atoms with Gasteiger partial charge >= 0.3 is 0 Å². The molecule has 2 aliphatic heterocycles. The van der Waals surface area contributed by atoms with Crippen molar-refractivity contribution in [2.45, 2.75) is 31.7 Å². The summed E-state index contributed by atoms with van der Waals surface area (Å²) in [5, 5.41) is 8.70. The fourth-order valence-corrected chi connectivity index (χ4v) is 3.00. The average molecular weight is 236 g/mol. The van der Waals surface area contributed by atoms with Crippen molar-refractivity contribution in [3.8, 4) is 6.07 Å². The molecule has 0 aliphatic carbocycles. The Morgan fingerprint density at radius 1 is 1.12 bits per heavy atom. The first-order chi connectivity index (χ1) is 8.28. The highest BCUT2D eigenvalue weighted by Gasteiger charge is 2.23. The zero-order chi connectivity index (χ0) is 12.1.